The second kappa shape index (κ2) is 5.36. The van der Waals surface area contributed by atoms with Crippen molar-refractivity contribution in [3.63, 3.8) is 0 Å². The first-order valence-corrected chi connectivity index (χ1v) is 6.29. The van der Waals surface area contributed by atoms with Crippen molar-refractivity contribution < 1.29 is 19.1 Å². The third-order valence-electron chi connectivity index (χ3n) is 3.16. The Kier molecular flexibility index (Phi) is 3.79. The average molecular weight is 275 g/mol. The molecular formula is C15H17NO4. The van der Waals surface area contributed by atoms with Crippen LogP contribution >= 0.6 is 0 Å². The Morgan fingerprint density at radius 3 is 2.40 bits per heavy atom. The maximum Gasteiger partial charge on any atom is 0.339 e. The fourth-order valence-electron chi connectivity index (χ4n) is 2.32. The number of cyclic esters (lactones) is 1. The van der Waals surface area contributed by atoms with Crippen LogP contribution in [0.3, 0.4) is 0 Å². The van der Waals surface area contributed by atoms with E-state index in [4.69, 9.17) is 4.74 Å². The van der Waals surface area contributed by atoms with Gasteiger partial charge in [0.1, 0.15) is 5.57 Å². The van der Waals surface area contributed by atoms with Gasteiger partial charge in [-0.15, -0.1) is 0 Å². The minimum absolute atomic E-state index is 0.0705. The highest BCUT2D eigenvalue weighted by Gasteiger charge is 2.30. The number of carbonyl (C=O) groups excluding carboxylic acids is 2. The van der Waals surface area contributed by atoms with Gasteiger partial charge >= 0.3 is 11.9 Å². The minimum Gasteiger partial charge on any atom is -0.465 e. The van der Waals surface area contributed by atoms with Crippen LogP contribution in [-0.2, 0) is 19.1 Å². The van der Waals surface area contributed by atoms with Crippen molar-refractivity contribution in [2.75, 3.05) is 12.4 Å². The topological polar surface area (TPSA) is 64.6 Å². The molecule has 106 valence electrons. The number of rotatable bonds is 3. The summed E-state index contributed by atoms with van der Waals surface area (Å²) in [6, 6.07) is 4.04. The Labute approximate surface area is 117 Å². The Balaban J connectivity index is 2.37. The maximum atomic E-state index is 11.6. The SMILES string of the molecule is COC(=O)C1=C(Nc2c(C)cc(C)cc2C)OC(=O)C1. The van der Waals surface area contributed by atoms with Gasteiger partial charge < -0.3 is 14.8 Å². The maximum absolute atomic E-state index is 11.6. The van der Waals surface area contributed by atoms with Crippen LogP contribution in [0.15, 0.2) is 23.6 Å². The van der Waals surface area contributed by atoms with Gasteiger partial charge in [0, 0.05) is 5.69 Å². The van der Waals surface area contributed by atoms with E-state index in [1.807, 2.05) is 32.9 Å². The first-order valence-electron chi connectivity index (χ1n) is 6.29. The van der Waals surface area contributed by atoms with Gasteiger partial charge in [0.05, 0.1) is 13.5 Å². The summed E-state index contributed by atoms with van der Waals surface area (Å²) in [7, 11) is 1.28. The van der Waals surface area contributed by atoms with Gasteiger partial charge in [-0.3, -0.25) is 4.79 Å². The van der Waals surface area contributed by atoms with E-state index in [1.54, 1.807) is 0 Å². The number of anilines is 1. The van der Waals surface area contributed by atoms with Gasteiger partial charge in [-0.1, -0.05) is 17.7 Å². The first kappa shape index (κ1) is 14.1. The molecule has 0 saturated heterocycles. The fraction of sp³-hybridized carbons (Fsp3) is 0.333. The van der Waals surface area contributed by atoms with E-state index in [0.29, 0.717) is 0 Å². The zero-order valence-corrected chi connectivity index (χ0v) is 12.0. The van der Waals surface area contributed by atoms with E-state index in [9.17, 15) is 9.59 Å². The molecule has 1 aromatic rings. The standard InChI is InChI=1S/C15H17NO4/c1-8-5-9(2)13(10(3)6-8)16-14-11(15(18)19-4)7-12(17)20-14/h5-6,16H,7H2,1-4H3. The summed E-state index contributed by atoms with van der Waals surface area (Å²) in [4.78, 5) is 23.0. The molecule has 0 saturated carbocycles. The van der Waals surface area contributed by atoms with Gasteiger partial charge in [0.15, 0.2) is 0 Å². The number of hydrogen-bond donors (Lipinski definition) is 1. The molecule has 5 nitrogen and oxygen atoms in total. The van der Waals surface area contributed by atoms with Crippen molar-refractivity contribution in [2.45, 2.75) is 27.2 Å². The predicted molar refractivity (Wildman–Crippen MR) is 74.0 cm³/mol. The molecule has 1 heterocycles. The van der Waals surface area contributed by atoms with Crippen LogP contribution < -0.4 is 5.32 Å². The molecule has 0 radical (unpaired) electrons. The molecular weight excluding hydrogens is 258 g/mol. The van der Waals surface area contributed by atoms with Gasteiger partial charge in [-0.05, 0) is 31.9 Å². The van der Waals surface area contributed by atoms with E-state index >= 15 is 0 Å². The number of methoxy groups -OCH3 is 1. The summed E-state index contributed by atoms with van der Waals surface area (Å²) in [5, 5.41) is 3.04. The quantitative estimate of drug-likeness (QED) is 0.858. The number of esters is 2. The van der Waals surface area contributed by atoms with Gasteiger partial charge in [-0.2, -0.15) is 0 Å². The molecule has 1 N–H and O–H groups in total. The van der Waals surface area contributed by atoms with Crippen molar-refractivity contribution in [1.82, 2.24) is 0 Å². The lowest BCUT2D eigenvalue weighted by Crippen LogP contribution is -2.10. The van der Waals surface area contributed by atoms with Crippen LogP contribution in [-0.4, -0.2) is 19.0 Å². The Bertz CT molecular complexity index is 593. The van der Waals surface area contributed by atoms with Crippen LogP contribution in [0, 0.1) is 20.8 Å². The van der Waals surface area contributed by atoms with E-state index < -0.39 is 11.9 Å². The smallest absolute Gasteiger partial charge is 0.339 e. The third kappa shape index (κ3) is 2.66. The monoisotopic (exact) mass is 275 g/mol. The summed E-state index contributed by atoms with van der Waals surface area (Å²) in [5.41, 5.74) is 4.24. The minimum atomic E-state index is -0.555. The highest BCUT2D eigenvalue weighted by molar-refractivity contribution is 5.98. The van der Waals surface area contributed by atoms with Gasteiger partial charge in [0.25, 0.3) is 0 Å². The van der Waals surface area contributed by atoms with Crippen molar-refractivity contribution in [2.24, 2.45) is 0 Å². The number of aryl methyl sites for hydroxylation is 3. The Morgan fingerprint density at radius 2 is 1.85 bits per heavy atom. The Morgan fingerprint density at radius 1 is 1.25 bits per heavy atom. The molecule has 0 unspecified atom stereocenters. The lowest BCUT2D eigenvalue weighted by Gasteiger charge is -2.14. The highest BCUT2D eigenvalue weighted by Crippen LogP contribution is 2.28. The first-order chi connectivity index (χ1) is 9.42. The summed E-state index contributed by atoms with van der Waals surface area (Å²) in [5.74, 6) is -0.854. The molecule has 0 aliphatic carbocycles. The van der Waals surface area contributed by atoms with Crippen LogP contribution in [0.1, 0.15) is 23.1 Å². The van der Waals surface area contributed by atoms with E-state index in [0.717, 1.165) is 22.4 Å². The normalized spacial score (nSPS) is 14.3. The number of hydrogen-bond acceptors (Lipinski definition) is 5. The molecule has 20 heavy (non-hydrogen) atoms. The van der Waals surface area contributed by atoms with Gasteiger partial charge in [-0.25, -0.2) is 4.79 Å². The second-order valence-corrected chi connectivity index (χ2v) is 4.85. The van der Waals surface area contributed by atoms with Crippen LogP contribution in [0.25, 0.3) is 0 Å². The van der Waals surface area contributed by atoms with Crippen LogP contribution in [0.5, 0.6) is 0 Å². The molecule has 0 fully saturated rings. The molecule has 1 aliphatic heterocycles. The molecule has 0 bridgehead atoms. The summed E-state index contributed by atoms with van der Waals surface area (Å²) >= 11 is 0. The average Bonchev–Trinajstić information content (AvgIpc) is 2.74. The zero-order chi connectivity index (χ0) is 14.9. The number of ether oxygens (including phenoxy) is 2. The highest BCUT2D eigenvalue weighted by atomic mass is 16.6. The molecule has 5 heteroatoms. The third-order valence-corrected chi connectivity index (χ3v) is 3.16. The largest absolute Gasteiger partial charge is 0.465 e. The second-order valence-electron chi connectivity index (χ2n) is 4.85. The van der Waals surface area contributed by atoms with Gasteiger partial charge in [0.2, 0.25) is 5.88 Å². The molecule has 0 amide bonds. The van der Waals surface area contributed by atoms with E-state index in [1.165, 1.54) is 7.11 Å². The fourth-order valence-corrected chi connectivity index (χ4v) is 2.32. The summed E-state index contributed by atoms with van der Waals surface area (Å²) in [6.45, 7) is 5.92. The lowest BCUT2D eigenvalue weighted by molar-refractivity contribution is -0.138. The molecule has 0 aromatic heterocycles. The number of nitrogens with one attached hydrogen (secondary N) is 1. The van der Waals surface area contributed by atoms with Crippen molar-refractivity contribution in [1.29, 1.82) is 0 Å². The number of carbonyl (C=O) groups is 2. The molecule has 0 spiro atoms. The predicted octanol–water partition coefficient (Wildman–Crippen LogP) is 2.36. The van der Waals surface area contributed by atoms with Crippen LogP contribution in [0.4, 0.5) is 5.69 Å². The van der Waals surface area contributed by atoms with Crippen LogP contribution in [0.2, 0.25) is 0 Å². The molecule has 1 aromatic carbocycles. The number of benzene rings is 1. The van der Waals surface area contributed by atoms with Crippen molar-refractivity contribution in [3.8, 4) is 0 Å². The summed E-state index contributed by atoms with van der Waals surface area (Å²) in [6.07, 6.45) is -0.0705. The van der Waals surface area contributed by atoms with Crippen molar-refractivity contribution in [3.05, 3.63) is 40.3 Å². The van der Waals surface area contributed by atoms with E-state index in [-0.39, 0.29) is 17.9 Å². The molecule has 0 atom stereocenters. The molecule has 2 rings (SSSR count). The van der Waals surface area contributed by atoms with E-state index in [2.05, 4.69) is 10.1 Å². The lowest BCUT2D eigenvalue weighted by atomic mass is 10.1. The Hall–Kier alpha value is -2.30. The zero-order valence-electron chi connectivity index (χ0n) is 12.0. The van der Waals surface area contributed by atoms with Crippen molar-refractivity contribution >= 4 is 17.6 Å². The summed E-state index contributed by atoms with van der Waals surface area (Å²) < 4.78 is 9.73. The molecule has 1 aliphatic rings.